The van der Waals surface area contributed by atoms with Crippen molar-refractivity contribution in [3.05, 3.63) is 29.6 Å². The van der Waals surface area contributed by atoms with Crippen molar-refractivity contribution in [2.75, 3.05) is 19.6 Å². The fraction of sp³-hybridized carbons (Fsp3) is 0.562. The quantitative estimate of drug-likeness (QED) is 0.916. The number of carbonyl (C=O) groups excluding carboxylic acids is 1. The standard InChI is InChI=1S/C16H22N4O/c1-12(2)20(11-13-5-7-18-8-6-13)16(21)15-4-3-14(9-17)10-19-15/h3-4,10,12-13,18H,5-8,11H2,1-2H3. The van der Waals surface area contributed by atoms with Crippen LogP contribution < -0.4 is 5.32 Å². The van der Waals surface area contributed by atoms with E-state index in [1.54, 1.807) is 12.1 Å². The van der Waals surface area contributed by atoms with E-state index in [2.05, 4.69) is 10.3 Å². The summed E-state index contributed by atoms with van der Waals surface area (Å²) in [4.78, 5) is 18.6. The van der Waals surface area contributed by atoms with Crippen molar-refractivity contribution in [2.24, 2.45) is 5.92 Å². The second-order valence-electron chi connectivity index (χ2n) is 5.79. The predicted molar refractivity (Wildman–Crippen MR) is 80.7 cm³/mol. The van der Waals surface area contributed by atoms with Crippen LogP contribution in [0.1, 0.15) is 42.7 Å². The molecule has 1 aliphatic rings. The second-order valence-corrected chi connectivity index (χ2v) is 5.79. The number of piperidine rings is 1. The van der Waals surface area contributed by atoms with Crippen molar-refractivity contribution < 1.29 is 4.79 Å². The number of amides is 1. The Morgan fingerprint density at radius 3 is 2.71 bits per heavy atom. The molecule has 1 aromatic rings. The van der Waals surface area contributed by atoms with Crippen LogP contribution in [-0.2, 0) is 0 Å². The monoisotopic (exact) mass is 286 g/mol. The first-order chi connectivity index (χ1) is 10.1. The van der Waals surface area contributed by atoms with Gasteiger partial charge in [0.05, 0.1) is 5.56 Å². The molecule has 1 aliphatic heterocycles. The molecule has 21 heavy (non-hydrogen) atoms. The van der Waals surface area contributed by atoms with Crippen molar-refractivity contribution in [1.82, 2.24) is 15.2 Å². The molecule has 0 atom stereocenters. The van der Waals surface area contributed by atoms with Gasteiger partial charge in [0.1, 0.15) is 11.8 Å². The lowest BCUT2D eigenvalue weighted by molar-refractivity contribution is 0.0652. The number of rotatable bonds is 4. The molecule has 0 spiro atoms. The van der Waals surface area contributed by atoms with Gasteiger partial charge in [-0.1, -0.05) is 0 Å². The van der Waals surface area contributed by atoms with E-state index >= 15 is 0 Å². The first-order valence-electron chi connectivity index (χ1n) is 7.49. The lowest BCUT2D eigenvalue weighted by Gasteiger charge is -2.32. The molecule has 1 aromatic heterocycles. The summed E-state index contributed by atoms with van der Waals surface area (Å²) in [5, 5.41) is 12.1. The van der Waals surface area contributed by atoms with Gasteiger partial charge in [-0.05, 0) is 57.8 Å². The molecular weight excluding hydrogens is 264 g/mol. The SMILES string of the molecule is CC(C)N(CC1CCNCC1)C(=O)c1ccc(C#N)cn1. The van der Waals surface area contributed by atoms with E-state index in [1.807, 2.05) is 24.8 Å². The van der Waals surface area contributed by atoms with Gasteiger partial charge in [-0.3, -0.25) is 4.79 Å². The highest BCUT2D eigenvalue weighted by Gasteiger charge is 2.24. The van der Waals surface area contributed by atoms with Crippen molar-refractivity contribution in [3.63, 3.8) is 0 Å². The summed E-state index contributed by atoms with van der Waals surface area (Å²) < 4.78 is 0. The summed E-state index contributed by atoms with van der Waals surface area (Å²) in [5.74, 6) is 0.504. The Kier molecular flexibility index (Phi) is 5.29. The largest absolute Gasteiger partial charge is 0.335 e. The zero-order chi connectivity index (χ0) is 15.2. The highest BCUT2D eigenvalue weighted by atomic mass is 16.2. The van der Waals surface area contributed by atoms with E-state index < -0.39 is 0 Å². The van der Waals surface area contributed by atoms with Gasteiger partial charge in [0, 0.05) is 18.8 Å². The summed E-state index contributed by atoms with van der Waals surface area (Å²) in [5.41, 5.74) is 0.887. The van der Waals surface area contributed by atoms with Gasteiger partial charge in [-0.2, -0.15) is 5.26 Å². The van der Waals surface area contributed by atoms with Crippen LogP contribution >= 0.6 is 0 Å². The van der Waals surface area contributed by atoms with Crippen LogP contribution in [0, 0.1) is 17.2 Å². The number of hydrogen-bond donors (Lipinski definition) is 1. The number of nitrogens with zero attached hydrogens (tertiary/aromatic N) is 3. The fourth-order valence-electron chi connectivity index (χ4n) is 2.60. The smallest absolute Gasteiger partial charge is 0.272 e. The number of nitrogens with one attached hydrogen (secondary N) is 1. The third-order valence-electron chi connectivity index (χ3n) is 3.91. The van der Waals surface area contributed by atoms with Crippen molar-refractivity contribution in [2.45, 2.75) is 32.7 Å². The Morgan fingerprint density at radius 1 is 1.48 bits per heavy atom. The summed E-state index contributed by atoms with van der Waals surface area (Å²) in [7, 11) is 0. The normalized spacial score (nSPS) is 15.7. The van der Waals surface area contributed by atoms with Crippen LogP contribution in [0.4, 0.5) is 0 Å². The number of nitriles is 1. The van der Waals surface area contributed by atoms with Gasteiger partial charge in [0.25, 0.3) is 5.91 Å². The lowest BCUT2D eigenvalue weighted by Crippen LogP contribution is -2.43. The Bertz CT molecular complexity index is 512. The van der Waals surface area contributed by atoms with E-state index in [0.717, 1.165) is 32.5 Å². The molecule has 0 saturated carbocycles. The maximum atomic E-state index is 12.6. The second kappa shape index (κ2) is 7.19. The first-order valence-corrected chi connectivity index (χ1v) is 7.49. The van der Waals surface area contributed by atoms with Crippen molar-refractivity contribution in [1.29, 1.82) is 5.26 Å². The van der Waals surface area contributed by atoms with Crippen LogP contribution in [0.25, 0.3) is 0 Å². The maximum Gasteiger partial charge on any atom is 0.272 e. The van der Waals surface area contributed by atoms with Gasteiger partial charge >= 0.3 is 0 Å². The molecule has 5 nitrogen and oxygen atoms in total. The molecule has 0 bridgehead atoms. The third kappa shape index (κ3) is 4.02. The molecule has 1 saturated heterocycles. The average molecular weight is 286 g/mol. The van der Waals surface area contributed by atoms with Crippen molar-refractivity contribution >= 4 is 5.91 Å². The number of aromatic nitrogens is 1. The molecule has 0 radical (unpaired) electrons. The van der Waals surface area contributed by atoms with Crippen LogP contribution in [-0.4, -0.2) is 41.5 Å². The molecule has 0 aliphatic carbocycles. The zero-order valence-corrected chi connectivity index (χ0v) is 12.7. The van der Waals surface area contributed by atoms with E-state index in [9.17, 15) is 4.79 Å². The minimum absolute atomic E-state index is 0.0481. The third-order valence-corrected chi connectivity index (χ3v) is 3.91. The average Bonchev–Trinajstić information content (AvgIpc) is 2.53. The van der Waals surface area contributed by atoms with E-state index in [1.165, 1.54) is 6.20 Å². The summed E-state index contributed by atoms with van der Waals surface area (Å²) >= 11 is 0. The molecule has 2 rings (SSSR count). The fourth-order valence-corrected chi connectivity index (χ4v) is 2.60. The summed E-state index contributed by atoms with van der Waals surface area (Å²) in [6.07, 6.45) is 3.67. The molecule has 0 aromatic carbocycles. The van der Waals surface area contributed by atoms with Crippen LogP contribution in [0.5, 0.6) is 0 Å². The Hall–Kier alpha value is -1.93. The van der Waals surface area contributed by atoms with Crippen LogP contribution in [0.3, 0.4) is 0 Å². The molecule has 112 valence electrons. The summed E-state index contributed by atoms with van der Waals surface area (Å²) in [6.45, 7) is 6.89. The Morgan fingerprint density at radius 2 is 2.19 bits per heavy atom. The highest BCUT2D eigenvalue weighted by Crippen LogP contribution is 2.17. The highest BCUT2D eigenvalue weighted by molar-refractivity contribution is 5.92. The van der Waals surface area contributed by atoms with Gasteiger partial charge in [-0.15, -0.1) is 0 Å². The van der Waals surface area contributed by atoms with E-state index in [0.29, 0.717) is 17.2 Å². The molecule has 1 amide bonds. The Labute approximate surface area is 126 Å². The molecular formula is C16H22N4O. The predicted octanol–water partition coefficient (Wildman–Crippen LogP) is 1.80. The van der Waals surface area contributed by atoms with E-state index in [-0.39, 0.29) is 11.9 Å². The van der Waals surface area contributed by atoms with E-state index in [4.69, 9.17) is 5.26 Å². The molecule has 1 fully saturated rings. The minimum Gasteiger partial charge on any atom is -0.335 e. The topological polar surface area (TPSA) is 69.0 Å². The molecule has 5 heteroatoms. The number of carbonyl (C=O) groups is 1. The van der Waals surface area contributed by atoms with Gasteiger partial charge in [0.2, 0.25) is 0 Å². The molecule has 1 N–H and O–H groups in total. The number of hydrogen-bond acceptors (Lipinski definition) is 4. The summed E-state index contributed by atoms with van der Waals surface area (Å²) in [6, 6.07) is 5.44. The minimum atomic E-state index is -0.0481. The van der Waals surface area contributed by atoms with Gasteiger partial charge < -0.3 is 10.2 Å². The Balaban J connectivity index is 2.08. The zero-order valence-electron chi connectivity index (χ0n) is 12.7. The van der Waals surface area contributed by atoms with Gasteiger partial charge in [0.15, 0.2) is 0 Å². The van der Waals surface area contributed by atoms with Crippen LogP contribution in [0.2, 0.25) is 0 Å². The lowest BCUT2D eigenvalue weighted by atomic mass is 9.97. The molecule has 2 heterocycles. The number of pyridine rings is 1. The maximum absolute atomic E-state index is 12.6. The van der Waals surface area contributed by atoms with Crippen LogP contribution in [0.15, 0.2) is 18.3 Å². The first kappa shape index (κ1) is 15.5. The molecule has 0 unspecified atom stereocenters. The van der Waals surface area contributed by atoms with Crippen molar-refractivity contribution in [3.8, 4) is 6.07 Å². The van der Waals surface area contributed by atoms with Gasteiger partial charge in [-0.25, -0.2) is 4.98 Å².